The highest BCUT2D eigenvalue weighted by Gasteiger charge is 2.64. The molecule has 0 saturated heterocycles. The number of rotatable bonds is 1. The van der Waals surface area contributed by atoms with Gasteiger partial charge >= 0.3 is 0 Å². The van der Waals surface area contributed by atoms with Crippen LogP contribution < -0.4 is 0 Å². The Morgan fingerprint density at radius 3 is 2.20 bits per heavy atom. The van der Waals surface area contributed by atoms with Gasteiger partial charge in [-0.15, -0.1) is 11.6 Å². The van der Waals surface area contributed by atoms with E-state index in [0.29, 0.717) is 5.92 Å². The monoisotopic (exact) mass is 154 g/mol. The van der Waals surface area contributed by atoms with Gasteiger partial charge in [0.2, 0.25) is 0 Å². The van der Waals surface area contributed by atoms with E-state index in [0.717, 1.165) is 23.7 Å². The fraction of sp³-hybridized carbons (Fsp3) is 0.889. The molecule has 0 aromatic rings. The zero-order chi connectivity index (χ0) is 6.72. The molecule has 0 aromatic carbocycles. The van der Waals surface area contributed by atoms with Crippen LogP contribution in [0.25, 0.3) is 0 Å². The second kappa shape index (κ2) is 1.72. The van der Waals surface area contributed by atoms with E-state index in [1.165, 1.54) is 19.3 Å². The van der Waals surface area contributed by atoms with Gasteiger partial charge in [0.1, 0.15) is 0 Å². The smallest absolute Gasteiger partial charge is 0.0904 e. The SMILES string of the molecule is Cl[C]C1[C@@H]2[C@H]3CC[C@H](C3)[C@H]12. The molecule has 0 nitrogen and oxygen atoms in total. The number of hydrogen-bond donors (Lipinski definition) is 0. The van der Waals surface area contributed by atoms with E-state index >= 15 is 0 Å². The van der Waals surface area contributed by atoms with Crippen LogP contribution in [0.2, 0.25) is 0 Å². The first-order valence-electron chi connectivity index (χ1n) is 4.28. The average Bonchev–Trinajstić information content (AvgIpc) is 2.36. The Bertz CT molecular complexity index is 150. The quantitative estimate of drug-likeness (QED) is 0.545. The molecule has 1 unspecified atom stereocenters. The van der Waals surface area contributed by atoms with E-state index < -0.39 is 0 Å². The van der Waals surface area contributed by atoms with E-state index in [9.17, 15) is 0 Å². The molecule has 3 saturated carbocycles. The highest BCUT2D eigenvalue weighted by atomic mass is 35.5. The lowest BCUT2D eigenvalue weighted by Crippen LogP contribution is -1.95. The molecular formula is C9H11Cl. The third-order valence-electron chi connectivity index (χ3n) is 3.86. The van der Waals surface area contributed by atoms with Crippen LogP contribution in [0, 0.1) is 35.5 Å². The molecule has 2 radical (unpaired) electrons. The molecule has 0 aliphatic heterocycles. The van der Waals surface area contributed by atoms with Crippen LogP contribution in [0.15, 0.2) is 0 Å². The summed E-state index contributed by atoms with van der Waals surface area (Å²) in [4.78, 5) is 0. The first-order chi connectivity index (χ1) is 4.92. The Balaban J connectivity index is 1.84. The molecule has 3 aliphatic rings. The summed E-state index contributed by atoms with van der Waals surface area (Å²) in [6, 6.07) is 0. The summed E-state index contributed by atoms with van der Waals surface area (Å²) in [5.74, 6) is 7.68. The number of hydrogen-bond acceptors (Lipinski definition) is 0. The Labute approximate surface area is 66.9 Å². The lowest BCUT2D eigenvalue weighted by atomic mass is 10.0. The van der Waals surface area contributed by atoms with Gasteiger partial charge in [0.05, 0.1) is 5.88 Å². The van der Waals surface area contributed by atoms with Crippen LogP contribution in [-0.2, 0) is 0 Å². The van der Waals surface area contributed by atoms with Crippen molar-refractivity contribution < 1.29 is 0 Å². The average molecular weight is 155 g/mol. The summed E-state index contributed by atoms with van der Waals surface area (Å²) in [5.41, 5.74) is 0. The Kier molecular flexibility index (Phi) is 1.01. The lowest BCUT2D eigenvalue weighted by Gasteiger charge is -2.04. The van der Waals surface area contributed by atoms with Gasteiger partial charge in [-0.3, -0.25) is 0 Å². The minimum absolute atomic E-state index is 0.702. The molecule has 10 heavy (non-hydrogen) atoms. The van der Waals surface area contributed by atoms with Gasteiger partial charge in [0, 0.05) is 0 Å². The summed E-state index contributed by atoms with van der Waals surface area (Å²) in [6.07, 6.45) is 4.49. The minimum atomic E-state index is 0.702. The van der Waals surface area contributed by atoms with Crippen LogP contribution in [0.4, 0.5) is 0 Å². The third-order valence-corrected chi connectivity index (χ3v) is 4.11. The van der Waals surface area contributed by atoms with Crippen LogP contribution in [-0.4, -0.2) is 0 Å². The molecule has 0 aromatic heterocycles. The molecule has 1 heteroatoms. The molecule has 0 amide bonds. The summed E-state index contributed by atoms with van der Waals surface area (Å²) >= 11 is 5.61. The first kappa shape index (κ1) is 5.88. The zero-order valence-electron chi connectivity index (χ0n) is 5.89. The second-order valence-electron chi connectivity index (χ2n) is 4.12. The Morgan fingerprint density at radius 1 is 1.10 bits per heavy atom. The van der Waals surface area contributed by atoms with Gasteiger partial charge in [0.25, 0.3) is 0 Å². The van der Waals surface area contributed by atoms with E-state index in [1.807, 2.05) is 0 Å². The minimum Gasteiger partial charge on any atom is -0.115 e. The van der Waals surface area contributed by atoms with Gasteiger partial charge in [-0.1, -0.05) is 0 Å². The summed E-state index contributed by atoms with van der Waals surface area (Å²) in [7, 11) is 0. The maximum Gasteiger partial charge on any atom is 0.0904 e. The van der Waals surface area contributed by atoms with Crippen LogP contribution in [0.3, 0.4) is 0 Å². The molecule has 0 heterocycles. The lowest BCUT2D eigenvalue weighted by molar-refractivity contribution is 0.456. The maximum atomic E-state index is 5.61. The van der Waals surface area contributed by atoms with Crippen LogP contribution in [0.1, 0.15) is 19.3 Å². The summed E-state index contributed by atoms with van der Waals surface area (Å²) in [6.45, 7) is 0. The van der Waals surface area contributed by atoms with Gasteiger partial charge in [0.15, 0.2) is 0 Å². The van der Waals surface area contributed by atoms with Crippen molar-refractivity contribution in [1.82, 2.24) is 0 Å². The largest absolute Gasteiger partial charge is 0.115 e. The molecule has 5 atom stereocenters. The van der Waals surface area contributed by atoms with Crippen molar-refractivity contribution >= 4 is 11.6 Å². The van der Waals surface area contributed by atoms with Gasteiger partial charge in [-0.05, 0) is 48.9 Å². The predicted octanol–water partition coefficient (Wildman–Crippen LogP) is 2.56. The van der Waals surface area contributed by atoms with Crippen molar-refractivity contribution in [2.45, 2.75) is 19.3 Å². The van der Waals surface area contributed by atoms with E-state index in [-0.39, 0.29) is 0 Å². The summed E-state index contributed by atoms with van der Waals surface area (Å²) in [5, 5.41) is 0. The van der Waals surface area contributed by atoms with E-state index in [1.54, 1.807) is 0 Å². The molecular weight excluding hydrogens is 144 g/mol. The van der Waals surface area contributed by atoms with Crippen molar-refractivity contribution in [3.63, 3.8) is 0 Å². The normalized spacial score (nSPS) is 62.7. The molecule has 2 bridgehead atoms. The molecule has 0 spiro atoms. The van der Waals surface area contributed by atoms with Crippen LogP contribution in [0.5, 0.6) is 0 Å². The molecule has 3 fully saturated rings. The second-order valence-corrected chi connectivity index (χ2v) is 4.34. The van der Waals surface area contributed by atoms with E-state index in [2.05, 4.69) is 5.88 Å². The Hall–Kier alpha value is 0.290. The standard InChI is InChI=1S/C9H11Cl/c10-4-7-8-5-1-2-6(3-5)9(7)8/h5-9H,1-3H2/t5-,6+,7?,8-,9+. The van der Waals surface area contributed by atoms with Gasteiger partial charge < -0.3 is 0 Å². The van der Waals surface area contributed by atoms with Crippen molar-refractivity contribution in [3.8, 4) is 0 Å². The van der Waals surface area contributed by atoms with Gasteiger partial charge in [-0.2, -0.15) is 0 Å². The van der Waals surface area contributed by atoms with Crippen molar-refractivity contribution in [2.24, 2.45) is 29.6 Å². The van der Waals surface area contributed by atoms with E-state index in [4.69, 9.17) is 11.6 Å². The Morgan fingerprint density at radius 2 is 1.70 bits per heavy atom. The summed E-state index contributed by atoms with van der Waals surface area (Å²) < 4.78 is 0. The van der Waals surface area contributed by atoms with Crippen molar-refractivity contribution in [3.05, 3.63) is 5.88 Å². The molecule has 54 valence electrons. The topological polar surface area (TPSA) is 0 Å². The zero-order valence-corrected chi connectivity index (χ0v) is 6.64. The third kappa shape index (κ3) is 0.514. The van der Waals surface area contributed by atoms with Crippen molar-refractivity contribution in [2.75, 3.05) is 0 Å². The molecule has 3 aliphatic carbocycles. The predicted molar refractivity (Wildman–Crippen MR) is 40.4 cm³/mol. The fourth-order valence-electron chi connectivity index (χ4n) is 3.47. The fourth-order valence-corrected chi connectivity index (χ4v) is 3.76. The highest BCUT2D eigenvalue weighted by molar-refractivity contribution is 6.23. The number of fused-ring (bicyclic) bond motifs is 5. The molecule has 0 N–H and O–H groups in total. The highest BCUT2D eigenvalue weighted by Crippen LogP contribution is 2.70. The number of halogens is 1. The van der Waals surface area contributed by atoms with Gasteiger partial charge in [-0.25, -0.2) is 0 Å². The molecule has 3 rings (SSSR count). The van der Waals surface area contributed by atoms with Crippen molar-refractivity contribution in [1.29, 1.82) is 0 Å². The first-order valence-corrected chi connectivity index (χ1v) is 4.66. The van der Waals surface area contributed by atoms with Crippen LogP contribution >= 0.6 is 11.6 Å². The maximum absolute atomic E-state index is 5.61.